The second-order valence-electron chi connectivity index (χ2n) is 3.05. The lowest BCUT2D eigenvalue weighted by Crippen LogP contribution is -2.19. The van der Waals surface area contributed by atoms with E-state index in [4.69, 9.17) is 5.73 Å². The molecule has 13 heavy (non-hydrogen) atoms. The molecule has 0 aromatic rings. The van der Waals surface area contributed by atoms with Crippen molar-refractivity contribution in [3.63, 3.8) is 0 Å². The van der Waals surface area contributed by atoms with Crippen molar-refractivity contribution in [2.75, 3.05) is 6.54 Å². The zero-order valence-corrected chi connectivity index (χ0v) is 8.03. The van der Waals surface area contributed by atoms with Gasteiger partial charge in [-0.15, -0.1) is 0 Å². The molecule has 1 unspecified atom stereocenters. The summed E-state index contributed by atoms with van der Waals surface area (Å²) in [5.74, 6) is 0. The number of hydrogen-bond acceptors (Lipinski definition) is 3. The first-order valence-corrected chi connectivity index (χ1v) is 4.74. The first-order valence-electron chi connectivity index (χ1n) is 4.74. The number of allylic oxidation sites excluding steroid dienone is 2. The molecule has 72 valence electrons. The highest BCUT2D eigenvalue weighted by atomic mass is 14.9. The molecule has 0 saturated heterocycles. The van der Waals surface area contributed by atoms with Crippen molar-refractivity contribution in [3.8, 4) is 0 Å². The Bertz CT molecular complexity index is 228. The van der Waals surface area contributed by atoms with Gasteiger partial charge in [-0.25, -0.2) is 0 Å². The topological polar surface area (TPSA) is 50.4 Å². The molecule has 3 N–H and O–H groups in total. The molecule has 0 fully saturated rings. The monoisotopic (exact) mass is 179 g/mol. The molecule has 0 amide bonds. The second-order valence-corrected chi connectivity index (χ2v) is 3.05. The second kappa shape index (κ2) is 5.54. The number of nitrogens with two attached hydrogens (primary N) is 1. The van der Waals surface area contributed by atoms with Crippen LogP contribution in [0.25, 0.3) is 0 Å². The fourth-order valence-corrected chi connectivity index (χ4v) is 1.11. The minimum Gasteiger partial charge on any atom is -0.385 e. The molecule has 1 aliphatic heterocycles. The van der Waals surface area contributed by atoms with Crippen LogP contribution in [0.2, 0.25) is 0 Å². The molecule has 0 spiro atoms. The van der Waals surface area contributed by atoms with Crippen LogP contribution in [-0.4, -0.2) is 18.9 Å². The number of nitrogens with zero attached hydrogens (tertiary/aromatic N) is 1. The van der Waals surface area contributed by atoms with Gasteiger partial charge in [0, 0.05) is 18.5 Å². The summed E-state index contributed by atoms with van der Waals surface area (Å²) in [5, 5.41) is 3.31. The van der Waals surface area contributed by atoms with Gasteiger partial charge in [0.15, 0.2) is 0 Å². The zero-order chi connectivity index (χ0) is 9.52. The smallest absolute Gasteiger partial charge is 0.118 e. The molecule has 0 radical (unpaired) electrons. The summed E-state index contributed by atoms with van der Waals surface area (Å²) in [7, 11) is 0. The molecular weight excluding hydrogens is 162 g/mol. The van der Waals surface area contributed by atoms with Crippen LogP contribution in [0.15, 0.2) is 28.9 Å². The Morgan fingerprint density at radius 2 is 2.46 bits per heavy atom. The number of aliphatic imine (C=N–C) groups is 1. The van der Waals surface area contributed by atoms with E-state index in [2.05, 4.69) is 17.2 Å². The summed E-state index contributed by atoms with van der Waals surface area (Å²) in [6, 6.07) is 0. The van der Waals surface area contributed by atoms with Gasteiger partial charge in [0.25, 0.3) is 0 Å². The van der Waals surface area contributed by atoms with Crippen LogP contribution in [0.1, 0.15) is 19.8 Å². The Morgan fingerprint density at radius 1 is 1.62 bits per heavy atom. The lowest BCUT2D eigenvalue weighted by Gasteiger charge is -2.06. The first-order chi connectivity index (χ1) is 6.33. The minimum atomic E-state index is -0.209. The van der Waals surface area contributed by atoms with E-state index >= 15 is 0 Å². The van der Waals surface area contributed by atoms with Crippen molar-refractivity contribution in [2.24, 2.45) is 10.7 Å². The molecule has 0 bridgehead atoms. The van der Waals surface area contributed by atoms with Gasteiger partial charge in [-0.2, -0.15) is 0 Å². The molecule has 1 aliphatic rings. The third kappa shape index (κ3) is 3.90. The summed E-state index contributed by atoms with van der Waals surface area (Å²) in [4.78, 5) is 4.05. The fourth-order valence-electron chi connectivity index (χ4n) is 1.11. The molecule has 3 heteroatoms. The molecule has 1 heterocycles. The van der Waals surface area contributed by atoms with Gasteiger partial charge < -0.3 is 11.1 Å². The fraction of sp³-hybridized carbons (Fsp3) is 0.500. The van der Waals surface area contributed by atoms with Gasteiger partial charge in [0.05, 0.1) is 0 Å². The van der Waals surface area contributed by atoms with Crippen LogP contribution < -0.4 is 11.1 Å². The summed E-state index contributed by atoms with van der Waals surface area (Å²) in [6.45, 7) is 3.17. The maximum Gasteiger partial charge on any atom is 0.118 e. The van der Waals surface area contributed by atoms with Crippen molar-refractivity contribution < 1.29 is 0 Å². The van der Waals surface area contributed by atoms with Crippen LogP contribution in [0.5, 0.6) is 0 Å². The molecule has 0 aromatic heterocycles. The van der Waals surface area contributed by atoms with E-state index in [1.165, 1.54) is 12.8 Å². The van der Waals surface area contributed by atoms with Crippen LogP contribution in [0.3, 0.4) is 0 Å². The van der Waals surface area contributed by atoms with E-state index in [0.29, 0.717) is 0 Å². The third-order valence-electron chi connectivity index (χ3n) is 1.83. The van der Waals surface area contributed by atoms with Gasteiger partial charge in [-0.3, -0.25) is 4.99 Å². The van der Waals surface area contributed by atoms with Gasteiger partial charge in [0.2, 0.25) is 0 Å². The van der Waals surface area contributed by atoms with E-state index in [1.807, 2.05) is 18.2 Å². The van der Waals surface area contributed by atoms with Crippen LogP contribution in [0, 0.1) is 0 Å². The van der Waals surface area contributed by atoms with E-state index in [9.17, 15) is 0 Å². The zero-order valence-electron chi connectivity index (χ0n) is 8.03. The molecule has 0 saturated carbocycles. The predicted octanol–water partition coefficient (Wildman–Crippen LogP) is 1.19. The average molecular weight is 179 g/mol. The summed E-state index contributed by atoms with van der Waals surface area (Å²) >= 11 is 0. The molecule has 3 nitrogen and oxygen atoms in total. The van der Waals surface area contributed by atoms with E-state index in [1.54, 1.807) is 6.21 Å². The quantitative estimate of drug-likeness (QED) is 0.637. The van der Waals surface area contributed by atoms with Gasteiger partial charge >= 0.3 is 0 Å². The highest BCUT2D eigenvalue weighted by molar-refractivity contribution is 5.72. The maximum absolute atomic E-state index is 5.68. The largest absolute Gasteiger partial charge is 0.385 e. The van der Waals surface area contributed by atoms with Crippen molar-refractivity contribution in [2.45, 2.75) is 25.9 Å². The highest BCUT2D eigenvalue weighted by Gasteiger charge is 1.98. The van der Waals surface area contributed by atoms with Crippen molar-refractivity contribution in [1.82, 2.24) is 5.32 Å². The normalized spacial score (nSPS) is 21.1. The van der Waals surface area contributed by atoms with Crippen molar-refractivity contribution in [1.29, 1.82) is 0 Å². The van der Waals surface area contributed by atoms with Crippen LogP contribution in [-0.2, 0) is 0 Å². The van der Waals surface area contributed by atoms with Crippen LogP contribution >= 0.6 is 0 Å². The number of unbranched alkanes of at least 4 members (excludes halogenated alkanes) is 1. The Morgan fingerprint density at radius 3 is 3.23 bits per heavy atom. The standard InChI is InChI=1S/C10H17N3/c1-2-3-6-12-9-5-4-7-13-10(11)8-9/h4-5,7-8,10,12H,2-3,6,11H2,1H3. The van der Waals surface area contributed by atoms with Gasteiger partial charge in [-0.1, -0.05) is 13.3 Å². The molecule has 0 aromatic carbocycles. The number of nitrogens with one attached hydrogen (secondary N) is 1. The van der Waals surface area contributed by atoms with E-state index in [-0.39, 0.29) is 6.17 Å². The van der Waals surface area contributed by atoms with E-state index < -0.39 is 0 Å². The summed E-state index contributed by atoms with van der Waals surface area (Å²) in [5.41, 5.74) is 6.74. The summed E-state index contributed by atoms with van der Waals surface area (Å²) in [6.07, 6.45) is 9.72. The Balaban J connectivity index is 2.40. The van der Waals surface area contributed by atoms with Crippen molar-refractivity contribution in [3.05, 3.63) is 23.9 Å². The lowest BCUT2D eigenvalue weighted by atomic mass is 10.3. The first kappa shape index (κ1) is 9.99. The number of rotatable bonds is 4. The van der Waals surface area contributed by atoms with Gasteiger partial charge in [0.1, 0.15) is 6.17 Å². The molecule has 0 aliphatic carbocycles. The lowest BCUT2D eigenvalue weighted by molar-refractivity contribution is 0.713. The SMILES string of the molecule is CCCCNC1=CC(N)N=CC=C1. The van der Waals surface area contributed by atoms with Crippen LogP contribution in [0.4, 0.5) is 0 Å². The number of hydrogen-bond donors (Lipinski definition) is 2. The molecular formula is C10H17N3. The average Bonchev–Trinajstić information content (AvgIpc) is 2.31. The predicted molar refractivity (Wildman–Crippen MR) is 56.6 cm³/mol. The minimum absolute atomic E-state index is 0.209. The Hall–Kier alpha value is -1.09. The summed E-state index contributed by atoms with van der Waals surface area (Å²) < 4.78 is 0. The maximum atomic E-state index is 5.68. The third-order valence-corrected chi connectivity index (χ3v) is 1.83. The highest BCUT2D eigenvalue weighted by Crippen LogP contribution is 1.99. The van der Waals surface area contributed by atoms with E-state index in [0.717, 1.165) is 12.2 Å². The Kier molecular flexibility index (Phi) is 4.26. The van der Waals surface area contributed by atoms with Gasteiger partial charge in [-0.05, 0) is 24.6 Å². The Labute approximate surface area is 79.4 Å². The molecule has 1 rings (SSSR count). The van der Waals surface area contributed by atoms with Crippen molar-refractivity contribution >= 4 is 6.21 Å². The molecule has 1 atom stereocenters.